The Balaban J connectivity index is 1.84. The van der Waals surface area contributed by atoms with Crippen LogP contribution in [0, 0.1) is 11.6 Å². The normalized spacial score (nSPS) is 19.7. The van der Waals surface area contributed by atoms with Crippen LogP contribution in [0.2, 0.25) is 0 Å². The molecule has 0 aromatic heterocycles. The molecule has 2 atom stereocenters. The van der Waals surface area contributed by atoms with Crippen LogP contribution in [0.4, 0.5) is 8.78 Å². The predicted molar refractivity (Wildman–Crippen MR) is 77.4 cm³/mol. The molecule has 1 heterocycles. The average Bonchev–Trinajstić information content (AvgIpc) is 2.89. The zero-order chi connectivity index (χ0) is 15.2. The summed E-state index contributed by atoms with van der Waals surface area (Å²) in [4.78, 5) is 0. The molecule has 1 fully saturated rings. The third-order valence-electron chi connectivity index (χ3n) is 3.56. The van der Waals surface area contributed by atoms with Gasteiger partial charge in [0.25, 0.3) is 0 Å². The number of rotatable bonds is 7. The summed E-state index contributed by atoms with van der Waals surface area (Å²) >= 11 is 0. The summed E-state index contributed by atoms with van der Waals surface area (Å²) in [6.07, 6.45) is 4.46. The van der Waals surface area contributed by atoms with Crippen molar-refractivity contribution >= 4 is 0 Å². The van der Waals surface area contributed by atoms with E-state index in [1.54, 1.807) is 6.92 Å². The second-order valence-corrected chi connectivity index (χ2v) is 5.70. The molecule has 118 valence electrons. The first-order chi connectivity index (χ1) is 10.1. The van der Waals surface area contributed by atoms with Crippen LogP contribution in [0.1, 0.15) is 38.2 Å². The van der Waals surface area contributed by atoms with Gasteiger partial charge in [-0.15, -0.1) is 0 Å². The van der Waals surface area contributed by atoms with Gasteiger partial charge < -0.3 is 15.2 Å². The van der Waals surface area contributed by atoms with E-state index in [0.717, 1.165) is 32.3 Å². The van der Waals surface area contributed by atoms with Crippen molar-refractivity contribution in [3.63, 3.8) is 0 Å². The van der Waals surface area contributed by atoms with E-state index < -0.39 is 11.6 Å². The van der Waals surface area contributed by atoms with Gasteiger partial charge in [-0.25, -0.2) is 8.78 Å². The highest BCUT2D eigenvalue weighted by Crippen LogP contribution is 2.24. The fourth-order valence-electron chi connectivity index (χ4n) is 2.60. The molecule has 2 unspecified atom stereocenters. The zero-order valence-corrected chi connectivity index (χ0v) is 12.4. The summed E-state index contributed by atoms with van der Waals surface area (Å²) in [6.45, 7) is 2.90. The molecule has 0 radical (unpaired) electrons. The van der Waals surface area contributed by atoms with Crippen molar-refractivity contribution in [2.45, 2.75) is 51.2 Å². The molecule has 1 aliphatic rings. The highest BCUT2D eigenvalue weighted by Gasteiger charge is 2.16. The third-order valence-corrected chi connectivity index (χ3v) is 3.56. The molecule has 21 heavy (non-hydrogen) atoms. The number of hydrogen-bond donors (Lipinski definition) is 1. The Morgan fingerprint density at radius 1 is 1.38 bits per heavy atom. The molecular weight excluding hydrogens is 276 g/mol. The maximum Gasteiger partial charge on any atom is 0.190 e. The highest BCUT2D eigenvalue weighted by atomic mass is 19.1. The van der Waals surface area contributed by atoms with Crippen molar-refractivity contribution in [1.82, 2.24) is 0 Å². The Bertz CT molecular complexity index is 437. The molecule has 1 aromatic carbocycles. The summed E-state index contributed by atoms with van der Waals surface area (Å²) in [6, 6.07) is 2.45. The van der Waals surface area contributed by atoms with Crippen LogP contribution in [0.25, 0.3) is 0 Å². The Hall–Kier alpha value is -1.20. The zero-order valence-electron chi connectivity index (χ0n) is 12.4. The molecule has 0 aliphatic carbocycles. The lowest BCUT2D eigenvalue weighted by Gasteiger charge is -2.12. The first-order valence-corrected chi connectivity index (χ1v) is 7.54. The monoisotopic (exact) mass is 299 g/mol. The van der Waals surface area contributed by atoms with E-state index in [-0.39, 0.29) is 17.9 Å². The Labute approximate surface area is 124 Å². The Morgan fingerprint density at radius 3 is 2.67 bits per heavy atom. The van der Waals surface area contributed by atoms with E-state index >= 15 is 0 Å². The van der Waals surface area contributed by atoms with Crippen molar-refractivity contribution in [3.8, 4) is 5.75 Å². The number of ether oxygens (including phenoxy) is 2. The van der Waals surface area contributed by atoms with Crippen molar-refractivity contribution < 1.29 is 18.3 Å². The molecule has 2 N–H and O–H groups in total. The lowest BCUT2D eigenvalue weighted by Crippen LogP contribution is -2.18. The Kier molecular flexibility index (Phi) is 5.94. The van der Waals surface area contributed by atoms with Gasteiger partial charge in [0, 0.05) is 12.6 Å². The molecule has 0 amide bonds. The van der Waals surface area contributed by atoms with Crippen molar-refractivity contribution in [2.75, 3.05) is 13.2 Å². The minimum absolute atomic E-state index is 0.137. The molecule has 1 aromatic rings. The Morgan fingerprint density at radius 2 is 2.10 bits per heavy atom. The number of hydrogen-bond acceptors (Lipinski definition) is 3. The largest absolute Gasteiger partial charge is 0.488 e. The van der Waals surface area contributed by atoms with Crippen molar-refractivity contribution in [3.05, 3.63) is 29.3 Å². The van der Waals surface area contributed by atoms with Gasteiger partial charge in [-0.3, -0.25) is 0 Å². The topological polar surface area (TPSA) is 44.5 Å². The molecule has 0 bridgehead atoms. The molecule has 1 saturated heterocycles. The van der Waals surface area contributed by atoms with E-state index in [2.05, 4.69) is 0 Å². The van der Waals surface area contributed by atoms with Gasteiger partial charge in [0.2, 0.25) is 0 Å². The van der Waals surface area contributed by atoms with E-state index in [9.17, 15) is 8.78 Å². The van der Waals surface area contributed by atoms with Crippen molar-refractivity contribution in [2.24, 2.45) is 5.73 Å². The fourth-order valence-corrected chi connectivity index (χ4v) is 2.60. The molecule has 2 rings (SSSR count). The molecule has 0 spiro atoms. The van der Waals surface area contributed by atoms with Gasteiger partial charge >= 0.3 is 0 Å². The standard InChI is InChI=1S/C16H23F2NO2/c1-11(19)8-12-9-14(17)16(15(18)10-12)21-7-3-5-13-4-2-6-20-13/h9-11,13H,2-8,19H2,1H3. The first kappa shape index (κ1) is 16.2. The molecular formula is C16H23F2NO2. The van der Waals surface area contributed by atoms with Crippen LogP contribution in [0.15, 0.2) is 12.1 Å². The predicted octanol–water partition coefficient (Wildman–Crippen LogP) is 3.19. The van der Waals surface area contributed by atoms with Gasteiger partial charge in [0.1, 0.15) is 0 Å². The minimum atomic E-state index is -0.664. The smallest absolute Gasteiger partial charge is 0.190 e. The van der Waals surface area contributed by atoms with Gasteiger partial charge in [-0.05, 0) is 56.7 Å². The lowest BCUT2D eigenvalue weighted by atomic mass is 10.1. The van der Waals surface area contributed by atoms with Gasteiger partial charge in [-0.2, -0.15) is 0 Å². The number of halogens is 2. The van der Waals surface area contributed by atoms with E-state index in [1.165, 1.54) is 12.1 Å². The quantitative estimate of drug-likeness (QED) is 0.786. The van der Waals surface area contributed by atoms with Crippen LogP contribution in [0.3, 0.4) is 0 Å². The second kappa shape index (κ2) is 7.71. The third kappa shape index (κ3) is 4.93. The highest BCUT2D eigenvalue weighted by molar-refractivity contribution is 5.31. The summed E-state index contributed by atoms with van der Waals surface area (Å²) in [7, 11) is 0. The van der Waals surface area contributed by atoms with E-state index in [0.29, 0.717) is 18.6 Å². The summed E-state index contributed by atoms with van der Waals surface area (Å²) in [5.74, 6) is -1.62. The van der Waals surface area contributed by atoms with Crippen LogP contribution < -0.4 is 10.5 Å². The van der Waals surface area contributed by atoms with Crippen molar-refractivity contribution in [1.29, 1.82) is 0 Å². The van der Waals surface area contributed by atoms with E-state index in [1.807, 2.05) is 0 Å². The van der Waals surface area contributed by atoms with Crippen LogP contribution in [-0.2, 0) is 11.2 Å². The number of benzene rings is 1. The minimum Gasteiger partial charge on any atom is -0.488 e. The van der Waals surface area contributed by atoms with Gasteiger partial charge in [0.15, 0.2) is 17.4 Å². The summed E-state index contributed by atoms with van der Waals surface area (Å²) in [5, 5.41) is 0. The molecule has 0 saturated carbocycles. The number of nitrogens with two attached hydrogens (primary N) is 1. The maximum absolute atomic E-state index is 13.9. The second-order valence-electron chi connectivity index (χ2n) is 5.70. The van der Waals surface area contributed by atoms with Gasteiger partial charge in [-0.1, -0.05) is 0 Å². The summed E-state index contributed by atoms with van der Waals surface area (Å²) < 4.78 is 38.5. The summed E-state index contributed by atoms with van der Waals surface area (Å²) in [5.41, 5.74) is 6.18. The lowest BCUT2D eigenvalue weighted by molar-refractivity contribution is 0.0977. The van der Waals surface area contributed by atoms with Crippen LogP contribution in [-0.4, -0.2) is 25.4 Å². The molecule has 3 nitrogen and oxygen atoms in total. The van der Waals surface area contributed by atoms with Gasteiger partial charge in [0.05, 0.1) is 12.7 Å². The SMILES string of the molecule is CC(N)Cc1cc(F)c(OCCCC2CCCO2)c(F)c1. The van der Waals surface area contributed by atoms with Crippen LogP contribution >= 0.6 is 0 Å². The maximum atomic E-state index is 13.9. The first-order valence-electron chi connectivity index (χ1n) is 7.54. The van der Waals surface area contributed by atoms with Crippen LogP contribution in [0.5, 0.6) is 5.75 Å². The fraction of sp³-hybridized carbons (Fsp3) is 0.625. The molecule has 5 heteroatoms. The average molecular weight is 299 g/mol. The van der Waals surface area contributed by atoms with E-state index in [4.69, 9.17) is 15.2 Å². The molecule has 1 aliphatic heterocycles.